The Morgan fingerprint density at radius 2 is 1.09 bits per heavy atom. The number of hydrogen-bond donors (Lipinski definition) is 0. The SMILES string of the molecule is CCCCCCCCCC1CCC(C2CCC(C)CC2)CC1. The molecular weight excluding hydrogens is 264 g/mol. The van der Waals surface area contributed by atoms with Crippen LogP contribution in [0.15, 0.2) is 0 Å². The van der Waals surface area contributed by atoms with Crippen LogP contribution in [0, 0.1) is 23.7 Å². The molecule has 0 N–H and O–H groups in total. The molecule has 0 bridgehead atoms. The Morgan fingerprint density at radius 1 is 0.591 bits per heavy atom. The van der Waals surface area contributed by atoms with Crippen molar-refractivity contribution in [3.05, 3.63) is 0 Å². The van der Waals surface area contributed by atoms with Crippen LogP contribution in [-0.4, -0.2) is 0 Å². The lowest BCUT2D eigenvalue weighted by Gasteiger charge is -2.37. The largest absolute Gasteiger partial charge is 0.0654 e. The third kappa shape index (κ3) is 6.63. The Bertz CT molecular complexity index is 253. The second-order valence-electron chi connectivity index (χ2n) is 8.71. The van der Waals surface area contributed by atoms with Crippen LogP contribution < -0.4 is 0 Å². The molecule has 2 aliphatic carbocycles. The molecule has 0 aromatic carbocycles. The van der Waals surface area contributed by atoms with Gasteiger partial charge in [0.1, 0.15) is 0 Å². The van der Waals surface area contributed by atoms with E-state index in [1.807, 2.05) is 0 Å². The maximum Gasteiger partial charge on any atom is -0.0386 e. The van der Waals surface area contributed by atoms with Gasteiger partial charge >= 0.3 is 0 Å². The maximum absolute atomic E-state index is 2.45. The second-order valence-corrected chi connectivity index (χ2v) is 8.71. The van der Waals surface area contributed by atoms with Crippen LogP contribution in [0.5, 0.6) is 0 Å². The minimum absolute atomic E-state index is 1.02. The third-order valence-electron chi connectivity index (χ3n) is 6.83. The van der Waals surface area contributed by atoms with Gasteiger partial charge in [-0.1, -0.05) is 90.9 Å². The van der Waals surface area contributed by atoms with E-state index in [0.717, 1.165) is 23.7 Å². The summed E-state index contributed by atoms with van der Waals surface area (Å²) in [6, 6.07) is 0. The van der Waals surface area contributed by atoms with Gasteiger partial charge < -0.3 is 0 Å². The van der Waals surface area contributed by atoms with Gasteiger partial charge in [0.15, 0.2) is 0 Å². The lowest BCUT2D eigenvalue weighted by Crippen LogP contribution is -2.25. The summed E-state index contributed by atoms with van der Waals surface area (Å²) in [4.78, 5) is 0. The van der Waals surface area contributed by atoms with Crippen LogP contribution in [0.4, 0.5) is 0 Å². The van der Waals surface area contributed by atoms with Crippen LogP contribution in [0.1, 0.15) is 117 Å². The molecule has 2 saturated carbocycles. The highest BCUT2D eigenvalue weighted by Crippen LogP contribution is 2.42. The van der Waals surface area contributed by atoms with Crippen molar-refractivity contribution >= 4 is 0 Å². The molecule has 0 atom stereocenters. The van der Waals surface area contributed by atoms with Gasteiger partial charge in [-0.3, -0.25) is 0 Å². The molecule has 0 aliphatic heterocycles. The average molecular weight is 307 g/mol. The fourth-order valence-corrected chi connectivity index (χ4v) is 5.10. The Morgan fingerprint density at radius 3 is 1.68 bits per heavy atom. The van der Waals surface area contributed by atoms with E-state index in [1.54, 1.807) is 44.9 Å². The molecule has 0 heteroatoms. The molecular formula is C22H42. The molecule has 0 saturated heterocycles. The molecule has 2 rings (SSSR count). The predicted molar refractivity (Wildman–Crippen MR) is 99.2 cm³/mol. The first kappa shape index (κ1) is 18.3. The van der Waals surface area contributed by atoms with E-state index in [9.17, 15) is 0 Å². The Hall–Kier alpha value is 0. The minimum Gasteiger partial charge on any atom is -0.0654 e. The first-order valence-corrected chi connectivity index (χ1v) is 10.8. The third-order valence-corrected chi connectivity index (χ3v) is 6.83. The maximum atomic E-state index is 2.45. The zero-order valence-corrected chi connectivity index (χ0v) is 15.6. The van der Waals surface area contributed by atoms with E-state index >= 15 is 0 Å². The summed E-state index contributed by atoms with van der Waals surface area (Å²) < 4.78 is 0. The number of unbranched alkanes of at least 4 members (excludes halogenated alkanes) is 6. The van der Waals surface area contributed by atoms with Crippen molar-refractivity contribution < 1.29 is 0 Å². The van der Waals surface area contributed by atoms with Crippen LogP contribution in [0.2, 0.25) is 0 Å². The van der Waals surface area contributed by atoms with E-state index in [0.29, 0.717) is 0 Å². The quantitative estimate of drug-likeness (QED) is 0.382. The molecule has 0 heterocycles. The Balaban J connectivity index is 1.48. The first-order chi connectivity index (χ1) is 10.8. The summed E-state index contributed by atoms with van der Waals surface area (Å²) in [6.07, 6.45) is 24.2. The molecule has 0 amide bonds. The molecule has 22 heavy (non-hydrogen) atoms. The van der Waals surface area contributed by atoms with E-state index in [-0.39, 0.29) is 0 Å². The first-order valence-electron chi connectivity index (χ1n) is 10.8. The van der Waals surface area contributed by atoms with E-state index in [2.05, 4.69) is 13.8 Å². The minimum atomic E-state index is 1.02. The van der Waals surface area contributed by atoms with Gasteiger partial charge in [0.25, 0.3) is 0 Å². The van der Waals surface area contributed by atoms with Gasteiger partial charge in [-0.15, -0.1) is 0 Å². The van der Waals surface area contributed by atoms with Crippen LogP contribution >= 0.6 is 0 Å². The zero-order chi connectivity index (χ0) is 15.6. The topological polar surface area (TPSA) is 0 Å². The van der Waals surface area contributed by atoms with Crippen molar-refractivity contribution in [1.29, 1.82) is 0 Å². The predicted octanol–water partition coefficient (Wildman–Crippen LogP) is 7.76. The van der Waals surface area contributed by atoms with Gasteiger partial charge in [0.2, 0.25) is 0 Å². The fraction of sp³-hybridized carbons (Fsp3) is 1.00. The highest BCUT2D eigenvalue weighted by Gasteiger charge is 2.29. The smallest absolute Gasteiger partial charge is 0.0386 e. The molecule has 130 valence electrons. The van der Waals surface area contributed by atoms with Gasteiger partial charge in [0.05, 0.1) is 0 Å². The molecule has 0 unspecified atom stereocenters. The summed E-state index contributed by atoms with van der Waals surface area (Å²) in [6.45, 7) is 4.76. The van der Waals surface area contributed by atoms with Crippen molar-refractivity contribution in [3.63, 3.8) is 0 Å². The molecule has 0 radical (unpaired) electrons. The number of rotatable bonds is 9. The van der Waals surface area contributed by atoms with Crippen molar-refractivity contribution in [2.24, 2.45) is 23.7 Å². The van der Waals surface area contributed by atoms with Gasteiger partial charge in [-0.2, -0.15) is 0 Å². The van der Waals surface area contributed by atoms with E-state index in [4.69, 9.17) is 0 Å². The second kappa shape index (κ2) is 10.7. The molecule has 0 spiro atoms. The average Bonchev–Trinajstić information content (AvgIpc) is 2.55. The Labute approximate surface area is 140 Å². The zero-order valence-electron chi connectivity index (χ0n) is 15.6. The standard InChI is InChI=1S/C22H42/c1-3-4-5-6-7-8-9-10-20-13-17-22(18-14-20)21-15-11-19(2)12-16-21/h19-22H,3-18H2,1-2H3. The lowest BCUT2D eigenvalue weighted by atomic mass is 9.69. The highest BCUT2D eigenvalue weighted by atomic mass is 14.3. The van der Waals surface area contributed by atoms with Crippen molar-refractivity contribution in [1.82, 2.24) is 0 Å². The van der Waals surface area contributed by atoms with Crippen LogP contribution in [0.3, 0.4) is 0 Å². The summed E-state index contributed by atoms with van der Waals surface area (Å²) >= 11 is 0. The summed E-state index contributed by atoms with van der Waals surface area (Å²) in [5.41, 5.74) is 0. The van der Waals surface area contributed by atoms with E-state index in [1.165, 1.54) is 57.8 Å². The van der Waals surface area contributed by atoms with Crippen molar-refractivity contribution in [2.45, 2.75) is 117 Å². The molecule has 0 aromatic rings. The van der Waals surface area contributed by atoms with Gasteiger partial charge in [-0.25, -0.2) is 0 Å². The molecule has 2 fully saturated rings. The highest BCUT2D eigenvalue weighted by molar-refractivity contribution is 4.81. The molecule has 0 aromatic heterocycles. The fourth-order valence-electron chi connectivity index (χ4n) is 5.10. The summed E-state index contributed by atoms with van der Waals surface area (Å²) in [7, 11) is 0. The summed E-state index contributed by atoms with van der Waals surface area (Å²) in [5.74, 6) is 4.33. The lowest BCUT2D eigenvalue weighted by molar-refractivity contribution is 0.146. The molecule has 0 nitrogen and oxygen atoms in total. The van der Waals surface area contributed by atoms with Crippen LogP contribution in [0.25, 0.3) is 0 Å². The Kier molecular flexibility index (Phi) is 8.93. The van der Waals surface area contributed by atoms with Crippen molar-refractivity contribution in [2.75, 3.05) is 0 Å². The van der Waals surface area contributed by atoms with Crippen molar-refractivity contribution in [3.8, 4) is 0 Å². The van der Waals surface area contributed by atoms with Gasteiger partial charge in [0, 0.05) is 0 Å². The molecule has 2 aliphatic rings. The normalized spacial score (nSPS) is 33.0. The summed E-state index contributed by atoms with van der Waals surface area (Å²) in [5, 5.41) is 0. The van der Waals surface area contributed by atoms with Crippen LogP contribution in [-0.2, 0) is 0 Å². The van der Waals surface area contributed by atoms with Gasteiger partial charge in [-0.05, 0) is 49.4 Å². The van der Waals surface area contributed by atoms with E-state index < -0.39 is 0 Å². The monoisotopic (exact) mass is 306 g/mol. The number of hydrogen-bond acceptors (Lipinski definition) is 0.